The topological polar surface area (TPSA) is 12.0 Å². The van der Waals surface area contributed by atoms with Crippen LogP contribution in [0.1, 0.15) is 6.42 Å². The summed E-state index contributed by atoms with van der Waals surface area (Å²) in [6.07, 6.45) is 14.0. The standard InChI is InChI=1S/C14H23N2Si/c1-16(2,11-10-15-9-6-12-17)13-14-7-4-3-5-8-14/h3-5,7-8,13,15H,6,9-12H2,1-2H3/q+2. The summed E-state index contributed by atoms with van der Waals surface area (Å²) in [5.41, 5.74) is 1.29. The molecule has 0 atom stereocenters. The molecule has 0 aromatic heterocycles. The van der Waals surface area contributed by atoms with Crippen molar-refractivity contribution in [2.45, 2.75) is 12.5 Å². The molecule has 0 saturated heterocycles. The SMILES string of the molecule is C[N+](C)(C=C1C=CC=C[CH+]1)CCNCCC[Si]. The van der Waals surface area contributed by atoms with E-state index in [1.54, 1.807) is 0 Å². The number of hydrogen-bond acceptors (Lipinski definition) is 1. The fourth-order valence-electron chi connectivity index (χ4n) is 1.71. The second kappa shape index (κ2) is 7.53. The van der Waals surface area contributed by atoms with E-state index in [4.69, 9.17) is 0 Å². The maximum absolute atomic E-state index is 3.48. The Morgan fingerprint density at radius 1 is 1.35 bits per heavy atom. The van der Waals surface area contributed by atoms with Gasteiger partial charge in [-0.25, -0.2) is 0 Å². The van der Waals surface area contributed by atoms with Crippen LogP contribution in [0.3, 0.4) is 0 Å². The highest BCUT2D eigenvalue weighted by atomic mass is 28.1. The number of nitrogens with one attached hydrogen (secondary N) is 1. The summed E-state index contributed by atoms with van der Waals surface area (Å²) in [7, 11) is 7.95. The molecule has 0 aromatic rings. The molecule has 1 rings (SSSR count). The molecule has 0 saturated carbocycles. The molecule has 0 spiro atoms. The van der Waals surface area contributed by atoms with Crippen LogP contribution in [0.2, 0.25) is 6.04 Å². The maximum Gasteiger partial charge on any atom is 0.177 e. The molecule has 3 heteroatoms. The van der Waals surface area contributed by atoms with Gasteiger partial charge in [0.1, 0.15) is 12.1 Å². The Morgan fingerprint density at radius 3 is 2.82 bits per heavy atom. The van der Waals surface area contributed by atoms with Gasteiger partial charge in [-0.05, 0) is 13.0 Å². The van der Waals surface area contributed by atoms with Crippen molar-refractivity contribution in [1.29, 1.82) is 0 Å². The second-order valence-corrected chi connectivity index (χ2v) is 5.40. The summed E-state index contributed by atoms with van der Waals surface area (Å²) in [4.78, 5) is 0. The lowest BCUT2D eigenvalue weighted by molar-refractivity contribution is -0.837. The van der Waals surface area contributed by atoms with Gasteiger partial charge in [-0.15, -0.1) is 0 Å². The summed E-state index contributed by atoms with van der Waals surface area (Å²) < 4.78 is 0.908. The van der Waals surface area contributed by atoms with E-state index in [2.05, 4.69) is 66.6 Å². The normalized spacial score (nSPS) is 17.5. The van der Waals surface area contributed by atoms with E-state index in [0.717, 1.165) is 30.2 Å². The average molecular weight is 247 g/mol. The average Bonchev–Trinajstić information content (AvgIpc) is 2.29. The number of hydrogen-bond donors (Lipinski definition) is 1. The number of allylic oxidation sites excluding steroid dienone is 5. The molecule has 0 aliphatic heterocycles. The lowest BCUT2D eigenvalue weighted by Gasteiger charge is -2.23. The van der Waals surface area contributed by atoms with E-state index in [-0.39, 0.29) is 0 Å². The zero-order chi connectivity index (χ0) is 12.6. The van der Waals surface area contributed by atoms with E-state index < -0.39 is 0 Å². The van der Waals surface area contributed by atoms with Crippen LogP contribution in [0, 0.1) is 6.42 Å². The lowest BCUT2D eigenvalue weighted by atomic mass is 10.1. The van der Waals surface area contributed by atoms with Gasteiger partial charge in [0, 0.05) is 47.5 Å². The molecule has 1 aliphatic carbocycles. The second-order valence-electron chi connectivity index (χ2n) is 4.90. The fourth-order valence-corrected chi connectivity index (χ4v) is 1.89. The van der Waals surface area contributed by atoms with Crippen molar-refractivity contribution in [1.82, 2.24) is 5.32 Å². The highest BCUT2D eigenvalue weighted by molar-refractivity contribution is 6.08. The smallest absolute Gasteiger partial charge is 0.177 e. The molecule has 91 valence electrons. The van der Waals surface area contributed by atoms with E-state index in [0.29, 0.717) is 0 Å². The van der Waals surface area contributed by atoms with Crippen LogP contribution in [0.4, 0.5) is 0 Å². The molecule has 2 nitrogen and oxygen atoms in total. The predicted octanol–water partition coefficient (Wildman–Crippen LogP) is 1.84. The minimum Gasteiger partial charge on any atom is -0.311 e. The van der Waals surface area contributed by atoms with Gasteiger partial charge in [-0.2, -0.15) is 0 Å². The molecule has 0 amide bonds. The van der Waals surface area contributed by atoms with Crippen LogP contribution in [0.25, 0.3) is 0 Å². The predicted molar refractivity (Wildman–Crippen MR) is 75.7 cm³/mol. The Hall–Kier alpha value is -0.773. The van der Waals surface area contributed by atoms with Gasteiger partial charge in [0.25, 0.3) is 0 Å². The highest BCUT2D eigenvalue weighted by Gasteiger charge is 2.17. The molecule has 0 aromatic carbocycles. The largest absolute Gasteiger partial charge is 0.311 e. The number of likely N-dealkylation sites (N-methyl/N-ethyl adjacent to an activating group) is 1. The molecule has 1 N–H and O–H groups in total. The molecule has 0 heterocycles. The molecule has 1 aliphatic rings. The van der Waals surface area contributed by atoms with E-state index in [1.165, 1.54) is 12.0 Å². The molecular weight excluding hydrogens is 224 g/mol. The Morgan fingerprint density at radius 2 is 2.18 bits per heavy atom. The number of nitrogens with zero attached hydrogens (tertiary/aromatic N) is 1. The first-order valence-corrected chi connectivity index (χ1v) is 6.94. The molecule has 0 fully saturated rings. The quantitative estimate of drug-likeness (QED) is 0.313. The van der Waals surface area contributed by atoms with Gasteiger partial charge in [0.15, 0.2) is 6.20 Å². The first-order valence-electron chi connectivity index (χ1n) is 6.23. The van der Waals surface area contributed by atoms with Crippen molar-refractivity contribution in [2.24, 2.45) is 0 Å². The Bertz CT molecular complexity index is 303. The molecule has 3 radical (unpaired) electrons. The van der Waals surface area contributed by atoms with E-state index in [9.17, 15) is 0 Å². The summed E-state index contributed by atoms with van der Waals surface area (Å²) in [6.45, 7) is 3.26. The van der Waals surface area contributed by atoms with Gasteiger partial charge in [0.2, 0.25) is 0 Å². The zero-order valence-electron chi connectivity index (χ0n) is 10.9. The van der Waals surface area contributed by atoms with Crippen molar-refractivity contribution in [3.05, 3.63) is 42.5 Å². The van der Waals surface area contributed by atoms with Gasteiger partial charge in [0.05, 0.1) is 14.1 Å². The summed E-state index contributed by atoms with van der Waals surface area (Å²) in [5, 5.41) is 3.46. The minimum atomic E-state index is 0.908. The van der Waals surface area contributed by atoms with Gasteiger partial charge in [-0.1, -0.05) is 6.04 Å². The Labute approximate surface area is 109 Å². The first-order chi connectivity index (χ1) is 8.14. The van der Waals surface area contributed by atoms with Crippen molar-refractivity contribution in [3.8, 4) is 0 Å². The summed E-state index contributed by atoms with van der Waals surface area (Å²) in [6, 6.07) is 1.07. The number of rotatable bonds is 7. The van der Waals surface area contributed by atoms with Gasteiger partial charge >= 0.3 is 0 Å². The number of quaternary nitrogens is 1. The molecule has 17 heavy (non-hydrogen) atoms. The molecule has 0 unspecified atom stereocenters. The van der Waals surface area contributed by atoms with Crippen molar-refractivity contribution < 1.29 is 4.48 Å². The molecule has 0 bridgehead atoms. The minimum absolute atomic E-state index is 0.908. The van der Waals surface area contributed by atoms with Crippen molar-refractivity contribution in [3.63, 3.8) is 0 Å². The highest BCUT2D eigenvalue weighted by Crippen LogP contribution is 2.12. The van der Waals surface area contributed by atoms with E-state index >= 15 is 0 Å². The van der Waals surface area contributed by atoms with Gasteiger partial charge < -0.3 is 5.32 Å². The third kappa shape index (κ3) is 6.51. The van der Waals surface area contributed by atoms with Crippen LogP contribution in [0.15, 0.2) is 36.1 Å². The van der Waals surface area contributed by atoms with Crippen LogP contribution in [-0.2, 0) is 0 Å². The Kier molecular flexibility index (Phi) is 6.33. The van der Waals surface area contributed by atoms with Crippen molar-refractivity contribution in [2.75, 3.05) is 33.7 Å². The summed E-state index contributed by atoms with van der Waals surface area (Å²) in [5.74, 6) is 0. The molecular formula is C14H23N2Si+2. The first kappa shape index (κ1) is 14.3. The van der Waals surface area contributed by atoms with Crippen molar-refractivity contribution >= 4 is 10.2 Å². The van der Waals surface area contributed by atoms with Crippen LogP contribution < -0.4 is 5.32 Å². The third-order valence-electron chi connectivity index (χ3n) is 2.69. The summed E-state index contributed by atoms with van der Waals surface area (Å²) >= 11 is 0. The van der Waals surface area contributed by atoms with E-state index in [1.807, 2.05) is 0 Å². The van der Waals surface area contributed by atoms with Gasteiger partial charge in [-0.3, -0.25) is 4.48 Å². The van der Waals surface area contributed by atoms with Crippen LogP contribution >= 0.6 is 0 Å². The zero-order valence-corrected chi connectivity index (χ0v) is 11.9. The fraction of sp³-hybridized carbons (Fsp3) is 0.500. The maximum atomic E-state index is 3.48. The van der Waals surface area contributed by atoms with Crippen LogP contribution in [0.5, 0.6) is 0 Å². The Balaban J connectivity index is 2.30. The lowest BCUT2D eigenvalue weighted by Crippen LogP contribution is -2.40. The van der Waals surface area contributed by atoms with Crippen LogP contribution in [-0.4, -0.2) is 48.5 Å². The monoisotopic (exact) mass is 247 g/mol. The third-order valence-corrected chi connectivity index (χ3v) is 3.05.